The van der Waals surface area contributed by atoms with Crippen LogP contribution in [0.2, 0.25) is 0 Å². The topological polar surface area (TPSA) is 72.3 Å². The highest BCUT2D eigenvalue weighted by Crippen LogP contribution is 2.01. The number of hydrogen-bond donors (Lipinski definition) is 0. The zero-order valence-electron chi connectivity index (χ0n) is 7.36. The van der Waals surface area contributed by atoms with Crippen LogP contribution >= 0.6 is 0 Å². The Balaban J connectivity index is 4.05. The zero-order valence-corrected chi connectivity index (χ0v) is 7.36. The molecule has 0 aliphatic carbocycles. The van der Waals surface area contributed by atoms with E-state index in [2.05, 4.69) is 10.2 Å². The summed E-state index contributed by atoms with van der Waals surface area (Å²) in [4.78, 5) is 0. The Bertz CT molecular complexity index is 196. The summed E-state index contributed by atoms with van der Waals surface area (Å²) in [6.07, 6.45) is 1.28. The first kappa shape index (κ1) is 10.6. The number of hydrogen-bond acceptors (Lipinski definition) is 4. The maximum absolute atomic E-state index is 8.50. The Morgan fingerprint density at radius 1 is 1.00 bits per heavy atom. The van der Waals surface area contributed by atoms with Crippen LogP contribution in [0.15, 0.2) is 10.2 Å². The Hall–Kier alpha value is -1.42. The standard InChI is InChI=1S/C8H12N4/c1-3-7(5-9)11-12-8(4-2)6-10/h7-8H,3-4H2,1-2H3/t7-,8-/m0/s1. The van der Waals surface area contributed by atoms with Crippen LogP contribution in [-0.4, -0.2) is 12.1 Å². The lowest BCUT2D eigenvalue weighted by molar-refractivity contribution is 0.667. The van der Waals surface area contributed by atoms with Crippen molar-refractivity contribution >= 4 is 0 Å². The first-order valence-electron chi connectivity index (χ1n) is 3.97. The van der Waals surface area contributed by atoms with Crippen LogP contribution in [0.25, 0.3) is 0 Å². The minimum atomic E-state index is -0.396. The fraction of sp³-hybridized carbons (Fsp3) is 0.750. The predicted octanol–water partition coefficient (Wildman–Crippen LogP) is 2.04. The Kier molecular flexibility index (Phi) is 5.55. The summed E-state index contributed by atoms with van der Waals surface area (Å²) in [5, 5.41) is 24.5. The molecule has 0 spiro atoms. The van der Waals surface area contributed by atoms with Crippen molar-refractivity contribution in [2.24, 2.45) is 10.2 Å². The summed E-state index contributed by atoms with van der Waals surface area (Å²) in [5.41, 5.74) is 0. The smallest absolute Gasteiger partial charge is 0.157 e. The third-order valence-electron chi connectivity index (χ3n) is 1.42. The quantitative estimate of drug-likeness (QED) is 0.596. The van der Waals surface area contributed by atoms with Gasteiger partial charge in [-0.3, -0.25) is 0 Å². The molecule has 0 bridgehead atoms. The van der Waals surface area contributed by atoms with Crippen LogP contribution in [0.3, 0.4) is 0 Å². The van der Waals surface area contributed by atoms with E-state index in [-0.39, 0.29) is 0 Å². The van der Waals surface area contributed by atoms with Gasteiger partial charge < -0.3 is 0 Å². The molecular formula is C8H12N4. The normalized spacial score (nSPS) is 15.0. The summed E-state index contributed by atoms with van der Waals surface area (Å²) < 4.78 is 0. The maximum atomic E-state index is 8.50. The van der Waals surface area contributed by atoms with Gasteiger partial charge in [-0.25, -0.2) is 0 Å². The van der Waals surface area contributed by atoms with Gasteiger partial charge in [0.2, 0.25) is 0 Å². The van der Waals surface area contributed by atoms with Gasteiger partial charge in [0.15, 0.2) is 12.1 Å². The second-order valence-corrected chi connectivity index (χ2v) is 2.34. The fourth-order valence-electron chi connectivity index (χ4n) is 0.558. The largest absolute Gasteiger partial charge is 0.196 e. The minimum absolute atomic E-state index is 0.396. The Morgan fingerprint density at radius 2 is 1.33 bits per heavy atom. The van der Waals surface area contributed by atoms with Gasteiger partial charge in [0.25, 0.3) is 0 Å². The molecule has 0 heterocycles. The molecule has 64 valence electrons. The highest BCUT2D eigenvalue weighted by Gasteiger charge is 2.03. The third kappa shape index (κ3) is 3.68. The van der Waals surface area contributed by atoms with E-state index in [1.54, 1.807) is 0 Å². The Labute approximate surface area is 72.5 Å². The lowest BCUT2D eigenvalue weighted by atomic mass is 10.2. The maximum Gasteiger partial charge on any atom is 0.157 e. The monoisotopic (exact) mass is 164 g/mol. The van der Waals surface area contributed by atoms with Gasteiger partial charge in [-0.15, -0.1) is 0 Å². The minimum Gasteiger partial charge on any atom is -0.196 e. The van der Waals surface area contributed by atoms with E-state index in [0.29, 0.717) is 12.8 Å². The summed E-state index contributed by atoms with van der Waals surface area (Å²) in [7, 11) is 0. The molecule has 4 heteroatoms. The molecule has 0 saturated heterocycles. The van der Waals surface area contributed by atoms with Crippen LogP contribution in [0.1, 0.15) is 26.7 Å². The van der Waals surface area contributed by atoms with Crippen LogP contribution in [0.4, 0.5) is 0 Å². The third-order valence-corrected chi connectivity index (χ3v) is 1.42. The number of nitriles is 2. The molecule has 0 radical (unpaired) electrons. The molecule has 0 unspecified atom stereocenters. The SMILES string of the molecule is CC[C@@H](C#N)N=N[C@H](C#N)CC. The lowest BCUT2D eigenvalue weighted by Gasteiger charge is -1.98. The number of azo groups is 1. The molecule has 0 aromatic heterocycles. The van der Waals surface area contributed by atoms with Crippen molar-refractivity contribution in [1.82, 2.24) is 0 Å². The van der Waals surface area contributed by atoms with E-state index in [1.807, 2.05) is 26.0 Å². The first-order valence-corrected chi connectivity index (χ1v) is 3.97. The average Bonchev–Trinajstić information content (AvgIpc) is 2.13. The predicted molar refractivity (Wildman–Crippen MR) is 44.2 cm³/mol. The number of rotatable bonds is 4. The van der Waals surface area contributed by atoms with Crippen molar-refractivity contribution < 1.29 is 0 Å². The molecule has 4 nitrogen and oxygen atoms in total. The summed E-state index contributed by atoms with van der Waals surface area (Å²) in [5.74, 6) is 0. The summed E-state index contributed by atoms with van der Waals surface area (Å²) >= 11 is 0. The van der Waals surface area contributed by atoms with Crippen molar-refractivity contribution in [3.63, 3.8) is 0 Å². The average molecular weight is 164 g/mol. The van der Waals surface area contributed by atoms with Crippen molar-refractivity contribution in [1.29, 1.82) is 10.5 Å². The van der Waals surface area contributed by atoms with Gasteiger partial charge in [0.1, 0.15) is 0 Å². The molecule has 0 rings (SSSR count). The fourth-order valence-corrected chi connectivity index (χ4v) is 0.558. The Morgan fingerprint density at radius 3 is 1.50 bits per heavy atom. The second-order valence-electron chi connectivity index (χ2n) is 2.34. The van der Waals surface area contributed by atoms with Gasteiger partial charge >= 0.3 is 0 Å². The van der Waals surface area contributed by atoms with Gasteiger partial charge in [-0.2, -0.15) is 20.8 Å². The highest BCUT2D eigenvalue weighted by atomic mass is 15.1. The van der Waals surface area contributed by atoms with E-state index < -0.39 is 12.1 Å². The van der Waals surface area contributed by atoms with Crippen LogP contribution < -0.4 is 0 Å². The van der Waals surface area contributed by atoms with E-state index >= 15 is 0 Å². The van der Waals surface area contributed by atoms with Crippen LogP contribution in [0.5, 0.6) is 0 Å². The van der Waals surface area contributed by atoms with Crippen molar-refractivity contribution in [3.8, 4) is 12.1 Å². The van der Waals surface area contributed by atoms with Gasteiger partial charge in [0.05, 0.1) is 12.1 Å². The molecule has 0 fully saturated rings. The zero-order chi connectivity index (χ0) is 9.40. The van der Waals surface area contributed by atoms with Crippen molar-refractivity contribution in [2.45, 2.75) is 38.8 Å². The van der Waals surface area contributed by atoms with E-state index in [4.69, 9.17) is 10.5 Å². The molecule has 0 saturated carbocycles. The molecule has 2 atom stereocenters. The molecule has 0 amide bonds. The van der Waals surface area contributed by atoms with Crippen LogP contribution in [0, 0.1) is 22.7 Å². The van der Waals surface area contributed by atoms with E-state index in [1.165, 1.54) is 0 Å². The van der Waals surface area contributed by atoms with Crippen LogP contribution in [-0.2, 0) is 0 Å². The molecule has 0 aliphatic rings. The molecule has 0 N–H and O–H groups in total. The number of nitrogens with zero attached hydrogens (tertiary/aromatic N) is 4. The van der Waals surface area contributed by atoms with E-state index in [9.17, 15) is 0 Å². The molecule has 0 aliphatic heterocycles. The molecule has 12 heavy (non-hydrogen) atoms. The molecule has 0 aromatic rings. The highest BCUT2D eigenvalue weighted by molar-refractivity contribution is 4.91. The lowest BCUT2D eigenvalue weighted by Crippen LogP contribution is -2.01. The summed E-state index contributed by atoms with van der Waals surface area (Å²) in [6, 6.07) is 3.18. The van der Waals surface area contributed by atoms with Gasteiger partial charge in [-0.05, 0) is 12.8 Å². The second kappa shape index (κ2) is 6.30. The first-order chi connectivity index (χ1) is 5.78. The van der Waals surface area contributed by atoms with Crippen molar-refractivity contribution in [3.05, 3.63) is 0 Å². The van der Waals surface area contributed by atoms with Gasteiger partial charge in [-0.1, -0.05) is 13.8 Å². The molecule has 0 aromatic carbocycles. The van der Waals surface area contributed by atoms with Crippen molar-refractivity contribution in [2.75, 3.05) is 0 Å². The van der Waals surface area contributed by atoms with Gasteiger partial charge in [0, 0.05) is 0 Å². The molecular weight excluding hydrogens is 152 g/mol. The summed E-state index contributed by atoms with van der Waals surface area (Å²) in [6.45, 7) is 3.72. The van der Waals surface area contributed by atoms with E-state index in [0.717, 1.165) is 0 Å².